The number of halogens is 4. The van der Waals surface area contributed by atoms with Crippen molar-refractivity contribution in [2.45, 2.75) is 19.1 Å². The lowest BCUT2D eigenvalue weighted by Crippen LogP contribution is -2.31. The summed E-state index contributed by atoms with van der Waals surface area (Å²) in [7, 11) is 1.48. The first-order chi connectivity index (χ1) is 12.6. The van der Waals surface area contributed by atoms with Crippen molar-refractivity contribution in [3.63, 3.8) is 0 Å². The van der Waals surface area contributed by atoms with Gasteiger partial charge >= 0.3 is 12.1 Å². The minimum atomic E-state index is -4.45. The Morgan fingerprint density at radius 2 is 1.70 bits per heavy atom. The normalized spacial score (nSPS) is 11.1. The van der Waals surface area contributed by atoms with E-state index in [1.165, 1.54) is 42.3 Å². The topological polar surface area (TPSA) is 46.6 Å². The Kier molecular flexibility index (Phi) is 6.55. The van der Waals surface area contributed by atoms with Gasteiger partial charge in [-0.2, -0.15) is 13.2 Å². The Hall–Kier alpha value is -2.90. The Morgan fingerprint density at radius 3 is 2.30 bits per heavy atom. The molecule has 0 aliphatic heterocycles. The zero-order valence-electron chi connectivity index (χ0n) is 14.4. The molecule has 0 fully saturated rings. The maximum absolute atomic E-state index is 13.1. The predicted molar refractivity (Wildman–Crippen MR) is 89.0 cm³/mol. The maximum Gasteiger partial charge on any atom is 0.416 e. The second-order valence-corrected chi connectivity index (χ2v) is 5.91. The number of benzene rings is 2. The van der Waals surface area contributed by atoms with Gasteiger partial charge in [0.25, 0.3) is 5.91 Å². The average molecular weight is 383 g/mol. The number of carbonyl (C=O) groups excluding carboxylic acids is 2. The van der Waals surface area contributed by atoms with E-state index in [1.807, 2.05) is 0 Å². The fraction of sp³-hybridized carbons (Fsp3) is 0.263. The molecule has 8 heteroatoms. The zero-order chi connectivity index (χ0) is 20.0. The highest BCUT2D eigenvalue weighted by molar-refractivity contribution is 5.81. The van der Waals surface area contributed by atoms with Crippen molar-refractivity contribution in [1.29, 1.82) is 0 Å². The smallest absolute Gasteiger partial charge is 0.416 e. The maximum atomic E-state index is 13.1. The van der Waals surface area contributed by atoms with E-state index in [1.54, 1.807) is 6.07 Å². The molecule has 2 aromatic rings. The van der Waals surface area contributed by atoms with E-state index in [2.05, 4.69) is 0 Å². The number of hydrogen-bond donors (Lipinski definition) is 0. The summed E-state index contributed by atoms with van der Waals surface area (Å²) in [6, 6.07) is 9.87. The number of likely N-dealkylation sites (N-methyl/N-ethyl adjacent to an activating group) is 1. The second kappa shape index (κ2) is 8.66. The summed E-state index contributed by atoms with van der Waals surface area (Å²) >= 11 is 0. The summed E-state index contributed by atoms with van der Waals surface area (Å²) in [5.74, 6) is -1.64. The number of amides is 1. The van der Waals surface area contributed by atoms with Crippen LogP contribution < -0.4 is 0 Å². The number of ether oxygens (including phenoxy) is 1. The van der Waals surface area contributed by atoms with Crippen molar-refractivity contribution < 1.29 is 31.9 Å². The minimum absolute atomic E-state index is 0.146. The summed E-state index contributed by atoms with van der Waals surface area (Å²) in [6.45, 7) is -0.363. The summed E-state index contributed by atoms with van der Waals surface area (Å²) in [4.78, 5) is 25.0. The first kappa shape index (κ1) is 20.4. The van der Waals surface area contributed by atoms with E-state index in [-0.39, 0.29) is 13.0 Å². The summed E-state index contributed by atoms with van der Waals surface area (Å²) in [5, 5.41) is 0. The number of esters is 1. The van der Waals surface area contributed by atoms with Gasteiger partial charge in [-0.15, -0.1) is 0 Å². The van der Waals surface area contributed by atoms with Gasteiger partial charge in [0.1, 0.15) is 5.82 Å². The molecule has 144 valence electrons. The van der Waals surface area contributed by atoms with Crippen LogP contribution in [0, 0.1) is 5.82 Å². The summed E-state index contributed by atoms with van der Waals surface area (Å²) < 4.78 is 55.5. The lowest BCUT2D eigenvalue weighted by molar-refractivity contribution is -0.151. The molecule has 0 atom stereocenters. The monoisotopic (exact) mass is 383 g/mol. The van der Waals surface area contributed by atoms with E-state index in [9.17, 15) is 27.2 Å². The molecule has 0 aliphatic rings. The van der Waals surface area contributed by atoms with Gasteiger partial charge in [-0.3, -0.25) is 9.59 Å². The van der Waals surface area contributed by atoms with Gasteiger partial charge < -0.3 is 9.64 Å². The largest absolute Gasteiger partial charge is 0.455 e. The van der Waals surface area contributed by atoms with Crippen LogP contribution in [0.4, 0.5) is 17.6 Å². The molecule has 0 saturated carbocycles. The first-order valence-electron chi connectivity index (χ1n) is 7.95. The molecule has 0 aromatic heterocycles. The molecule has 2 rings (SSSR count). The molecule has 0 N–H and O–H groups in total. The number of carbonyl (C=O) groups is 2. The van der Waals surface area contributed by atoms with Crippen LogP contribution in [-0.4, -0.2) is 30.4 Å². The molecule has 0 bridgehead atoms. The Labute approximate surface area is 153 Å². The van der Waals surface area contributed by atoms with Gasteiger partial charge in [0.05, 0.1) is 12.0 Å². The lowest BCUT2D eigenvalue weighted by atomic mass is 10.1. The fourth-order valence-corrected chi connectivity index (χ4v) is 2.28. The molecule has 1 amide bonds. The van der Waals surface area contributed by atoms with Crippen molar-refractivity contribution in [1.82, 2.24) is 4.90 Å². The van der Waals surface area contributed by atoms with E-state index < -0.39 is 36.0 Å². The van der Waals surface area contributed by atoms with Gasteiger partial charge in [0.15, 0.2) is 6.61 Å². The van der Waals surface area contributed by atoms with Gasteiger partial charge in [-0.25, -0.2) is 4.39 Å². The molecule has 0 unspecified atom stereocenters. The van der Waals surface area contributed by atoms with Crippen molar-refractivity contribution in [2.24, 2.45) is 0 Å². The lowest BCUT2D eigenvalue weighted by Gasteiger charge is -2.17. The van der Waals surface area contributed by atoms with E-state index >= 15 is 0 Å². The molecular formula is C19H17F4NO3. The van der Waals surface area contributed by atoms with Crippen molar-refractivity contribution in [3.05, 3.63) is 71.0 Å². The van der Waals surface area contributed by atoms with Crippen LogP contribution >= 0.6 is 0 Å². The van der Waals surface area contributed by atoms with Crippen LogP contribution in [0.2, 0.25) is 0 Å². The van der Waals surface area contributed by atoms with Crippen molar-refractivity contribution in [3.8, 4) is 0 Å². The van der Waals surface area contributed by atoms with Crippen LogP contribution in [0.15, 0.2) is 48.5 Å². The summed E-state index contributed by atoms with van der Waals surface area (Å²) in [5.41, 5.74) is 0.115. The highest BCUT2D eigenvalue weighted by Crippen LogP contribution is 2.29. The van der Waals surface area contributed by atoms with E-state index in [0.29, 0.717) is 11.1 Å². The van der Waals surface area contributed by atoms with E-state index in [0.717, 1.165) is 12.1 Å². The zero-order valence-corrected chi connectivity index (χ0v) is 14.4. The molecule has 4 nitrogen and oxygen atoms in total. The third-order valence-corrected chi connectivity index (χ3v) is 3.72. The highest BCUT2D eigenvalue weighted by Gasteiger charge is 2.30. The van der Waals surface area contributed by atoms with Crippen LogP contribution in [0.5, 0.6) is 0 Å². The molecule has 27 heavy (non-hydrogen) atoms. The standard InChI is InChI=1S/C19H17F4NO3/c1-24(11-14-3-2-4-16(20)9-14)17(25)12-27-18(26)10-13-5-7-15(8-6-13)19(21,22)23/h2-9H,10-12H2,1H3. The second-order valence-electron chi connectivity index (χ2n) is 5.91. The van der Waals surface area contributed by atoms with Crippen LogP contribution in [-0.2, 0) is 33.5 Å². The third kappa shape index (κ3) is 6.40. The minimum Gasteiger partial charge on any atom is -0.455 e. The third-order valence-electron chi connectivity index (χ3n) is 3.72. The molecule has 0 saturated heterocycles. The molecular weight excluding hydrogens is 366 g/mol. The predicted octanol–water partition coefficient (Wildman–Crippen LogP) is 3.59. The Morgan fingerprint density at radius 1 is 1.04 bits per heavy atom. The van der Waals surface area contributed by atoms with Crippen LogP contribution in [0.1, 0.15) is 16.7 Å². The number of rotatable bonds is 6. The average Bonchev–Trinajstić information content (AvgIpc) is 2.59. The van der Waals surface area contributed by atoms with Crippen molar-refractivity contribution >= 4 is 11.9 Å². The highest BCUT2D eigenvalue weighted by atomic mass is 19.4. The molecule has 0 heterocycles. The van der Waals surface area contributed by atoms with Crippen molar-refractivity contribution in [2.75, 3.05) is 13.7 Å². The molecule has 0 radical (unpaired) electrons. The Balaban J connectivity index is 1.81. The molecule has 0 spiro atoms. The quantitative estimate of drug-likeness (QED) is 0.566. The van der Waals surface area contributed by atoms with E-state index in [4.69, 9.17) is 4.74 Å². The van der Waals surface area contributed by atoms with Crippen LogP contribution in [0.25, 0.3) is 0 Å². The summed E-state index contributed by atoms with van der Waals surface area (Å²) in [6.07, 6.45) is -4.70. The van der Waals surface area contributed by atoms with Gasteiger partial charge in [-0.05, 0) is 35.4 Å². The van der Waals surface area contributed by atoms with Gasteiger partial charge in [0, 0.05) is 13.6 Å². The fourth-order valence-electron chi connectivity index (χ4n) is 2.28. The molecule has 2 aromatic carbocycles. The number of nitrogens with zero attached hydrogens (tertiary/aromatic N) is 1. The first-order valence-corrected chi connectivity index (χ1v) is 7.95. The van der Waals surface area contributed by atoms with Gasteiger partial charge in [0.2, 0.25) is 0 Å². The SMILES string of the molecule is CN(Cc1cccc(F)c1)C(=O)COC(=O)Cc1ccc(C(F)(F)F)cc1. The van der Waals surface area contributed by atoms with Crippen LogP contribution in [0.3, 0.4) is 0 Å². The molecule has 0 aliphatic carbocycles. The Bertz CT molecular complexity index is 803. The van der Waals surface area contributed by atoms with Gasteiger partial charge in [-0.1, -0.05) is 24.3 Å². The number of hydrogen-bond acceptors (Lipinski definition) is 3. The number of alkyl halides is 3.